The first-order valence-electron chi connectivity index (χ1n) is 15.5. The molecule has 2 aromatic carbocycles. The Labute approximate surface area is 274 Å². The summed E-state index contributed by atoms with van der Waals surface area (Å²) in [7, 11) is 1.70. The van der Waals surface area contributed by atoms with E-state index >= 15 is 0 Å². The van der Waals surface area contributed by atoms with Crippen LogP contribution in [-0.2, 0) is 20.9 Å². The molecule has 0 unspecified atom stereocenters. The van der Waals surface area contributed by atoms with E-state index in [0.717, 1.165) is 46.3 Å². The minimum absolute atomic E-state index is 0.0884. The number of carbonyl (C=O) groups excluding carboxylic acids is 2. The zero-order valence-electron chi connectivity index (χ0n) is 26.6. The number of halogens is 2. The number of ketones is 2. The average molecular weight is 685 g/mol. The molecule has 0 N–H and O–H groups in total. The highest BCUT2D eigenvalue weighted by Gasteiger charge is 2.49. The maximum absolute atomic E-state index is 14.1. The normalized spacial score (nSPS) is 19.7. The van der Waals surface area contributed by atoms with Gasteiger partial charge in [0.2, 0.25) is 0 Å². The van der Waals surface area contributed by atoms with Gasteiger partial charge in [0.05, 0.1) is 11.6 Å². The van der Waals surface area contributed by atoms with Crippen LogP contribution in [-0.4, -0.2) is 43.3 Å². The lowest BCUT2D eigenvalue weighted by Crippen LogP contribution is -2.44. The van der Waals surface area contributed by atoms with Gasteiger partial charge in [-0.3, -0.25) is 9.59 Å². The van der Waals surface area contributed by atoms with Crippen molar-refractivity contribution in [1.82, 2.24) is 4.90 Å². The summed E-state index contributed by atoms with van der Waals surface area (Å²) in [6, 6.07) is 11.7. The summed E-state index contributed by atoms with van der Waals surface area (Å²) >= 11 is 10.6. The van der Waals surface area contributed by atoms with E-state index in [1.54, 1.807) is 7.11 Å². The highest BCUT2D eigenvalue weighted by atomic mass is 79.9. The second-order valence-corrected chi connectivity index (χ2v) is 14.9. The fourth-order valence-electron chi connectivity index (χ4n) is 6.94. The Hall–Kier alpha value is -2.61. The van der Waals surface area contributed by atoms with Crippen LogP contribution in [0.4, 0.5) is 0 Å². The number of carbonyl (C=O) groups is 2. The van der Waals surface area contributed by atoms with E-state index in [9.17, 15) is 9.59 Å². The third-order valence-corrected chi connectivity index (χ3v) is 9.80. The van der Waals surface area contributed by atoms with Gasteiger partial charge < -0.3 is 19.1 Å². The van der Waals surface area contributed by atoms with E-state index in [4.69, 9.17) is 25.8 Å². The third kappa shape index (κ3) is 6.66. The van der Waals surface area contributed by atoms with Gasteiger partial charge in [-0.05, 0) is 60.8 Å². The number of methoxy groups -OCH3 is 1. The van der Waals surface area contributed by atoms with Crippen LogP contribution in [0.25, 0.3) is 0 Å². The molecule has 0 spiro atoms. The fourth-order valence-corrected chi connectivity index (χ4v) is 7.61. The van der Waals surface area contributed by atoms with Crippen LogP contribution in [0.3, 0.4) is 0 Å². The number of allylic oxidation sites excluding steroid dienone is 4. The quantitative estimate of drug-likeness (QED) is 0.233. The predicted molar refractivity (Wildman–Crippen MR) is 177 cm³/mol. The molecule has 0 amide bonds. The number of hydrogen-bond acceptors (Lipinski definition) is 6. The van der Waals surface area contributed by atoms with Gasteiger partial charge in [-0.1, -0.05) is 73.4 Å². The summed E-state index contributed by atoms with van der Waals surface area (Å²) in [4.78, 5) is 30.5. The van der Waals surface area contributed by atoms with Crippen LogP contribution < -0.4 is 9.47 Å². The van der Waals surface area contributed by atoms with Crippen molar-refractivity contribution in [1.29, 1.82) is 0 Å². The minimum atomic E-state index is -0.514. The van der Waals surface area contributed by atoms with Crippen LogP contribution in [0.15, 0.2) is 63.4 Å². The van der Waals surface area contributed by atoms with E-state index in [1.165, 1.54) is 0 Å². The smallest absolute Gasteiger partial charge is 0.180 e. The summed E-state index contributed by atoms with van der Waals surface area (Å²) in [6.07, 6.45) is 3.15. The molecule has 0 saturated heterocycles. The topological polar surface area (TPSA) is 65.1 Å². The molecule has 2 aliphatic carbocycles. The van der Waals surface area contributed by atoms with Crippen molar-refractivity contribution >= 4 is 39.1 Å². The Morgan fingerprint density at radius 2 is 1.55 bits per heavy atom. The second kappa shape index (κ2) is 13.0. The number of Topliss-reactive ketones (excluding diaryl/α,β-unsaturated/α-hetero) is 2. The van der Waals surface area contributed by atoms with Gasteiger partial charge in [-0.25, -0.2) is 0 Å². The molecular weight excluding hydrogens is 642 g/mol. The number of ether oxygens (including phenoxy) is 3. The molecule has 236 valence electrons. The summed E-state index contributed by atoms with van der Waals surface area (Å²) in [5.74, 6) is 0.609. The maximum Gasteiger partial charge on any atom is 0.180 e. The first-order chi connectivity index (χ1) is 20.9. The van der Waals surface area contributed by atoms with Gasteiger partial charge in [0.15, 0.2) is 23.1 Å². The number of hydrogen-bond donors (Lipinski definition) is 0. The van der Waals surface area contributed by atoms with Crippen LogP contribution in [0.5, 0.6) is 11.5 Å². The van der Waals surface area contributed by atoms with Gasteiger partial charge in [0.25, 0.3) is 0 Å². The molecular formula is C36H43BrClNO5. The van der Waals surface area contributed by atoms with Crippen molar-refractivity contribution in [2.24, 2.45) is 10.8 Å². The van der Waals surface area contributed by atoms with Gasteiger partial charge in [-0.2, -0.15) is 0 Å². The third-order valence-electron chi connectivity index (χ3n) is 8.75. The Morgan fingerprint density at radius 3 is 2.11 bits per heavy atom. The van der Waals surface area contributed by atoms with Crippen molar-refractivity contribution in [2.75, 3.05) is 26.9 Å². The molecule has 2 aromatic rings. The highest BCUT2D eigenvalue weighted by Crippen LogP contribution is 2.55. The Balaban J connectivity index is 1.66. The maximum atomic E-state index is 14.1. The molecule has 1 aliphatic heterocycles. The number of nitrogens with zero attached hydrogens (tertiary/aromatic N) is 1. The Bertz CT molecular complexity index is 1470. The van der Waals surface area contributed by atoms with Crippen molar-refractivity contribution in [3.63, 3.8) is 0 Å². The van der Waals surface area contributed by atoms with Crippen molar-refractivity contribution in [2.45, 2.75) is 79.2 Å². The van der Waals surface area contributed by atoms with Crippen LogP contribution >= 0.6 is 27.5 Å². The largest absolute Gasteiger partial charge is 0.490 e. The molecule has 0 saturated carbocycles. The van der Waals surface area contributed by atoms with Crippen molar-refractivity contribution in [3.8, 4) is 11.5 Å². The van der Waals surface area contributed by atoms with Crippen LogP contribution in [0.2, 0.25) is 5.02 Å². The molecule has 0 bridgehead atoms. The predicted octanol–water partition coefficient (Wildman–Crippen LogP) is 8.80. The second-order valence-electron chi connectivity index (χ2n) is 13.7. The Kier molecular flexibility index (Phi) is 9.69. The zero-order valence-corrected chi connectivity index (χ0v) is 29.0. The molecule has 6 nitrogen and oxygen atoms in total. The molecule has 0 atom stereocenters. The minimum Gasteiger partial charge on any atom is -0.490 e. The molecule has 44 heavy (non-hydrogen) atoms. The lowest BCUT2D eigenvalue weighted by atomic mass is 9.63. The van der Waals surface area contributed by atoms with Crippen LogP contribution in [0, 0.1) is 10.8 Å². The number of benzene rings is 2. The van der Waals surface area contributed by atoms with Crippen LogP contribution in [0.1, 0.15) is 83.8 Å². The summed E-state index contributed by atoms with van der Waals surface area (Å²) in [6.45, 7) is 12.5. The standard InChI is InChI=1S/C36H43BrClNO5/c1-7-43-30-16-23(15-25(38)34(30)44-21-22-11-8-9-12-24(22)37)31-32-26(17-35(2,3)19-28(32)40)39(13-10-14-42-6)27-18-36(4,5)20-29(41)33(27)31/h8-9,11-12,15-16,31H,7,10,13-14,17-21H2,1-6H3. The first kappa shape index (κ1) is 32.8. The van der Waals surface area contributed by atoms with Gasteiger partial charge >= 0.3 is 0 Å². The summed E-state index contributed by atoms with van der Waals surface area (Å²) in [5, 5.41) is 0.386. The monoisotopic (exact) mass is 683 g/mol. The van der Waals surface area contributed by atoms with E-state index in [2.05, 4.69) is 48.5 Å². The van der Waals surface area contributed by atoms with E-state index in [-0.39, 0.29) is 22.4 Å². The van der Waals surface area contributed by atoms with E-state index < -0.39 is 5.92 Å². The van der Waals surface area contributed by atoms with E-state index in [1.807, 2.05) is 43.3 Å². The molecule has 3 aliphatic rings. The summed E-state index contributed by atoms with van der Waals surface area (Å²) in [5.41, 5.74) is 4.87. The molecule has 8 heteroatoms. The first-order valence-corrected chi connectivity index (χ1v) is 16.6. The molecule has 5 rings (SSSR count). The molecule has 0 fully saturated rings. The van der Waals surface area contributed by atoms with E-state index in [0.29, 0.717) is 66.9 Å². The fraction of sp³-hybridized carbons (Fsp3) is 0.500. The van der Waals surface area contributed by atoms with Crippen molar-refractivity contribution in [3.05, 3.63) is 79.6 Å². The average Bonchev–Trinajstić information content (AvgIpc) is 2.92. The zero-order chi connectivity index (χ0) is 31.8. The van der Waals surface area contributed by atoms with Gasteiger partial charge in [-0.15, -0.1) is 0 Å². The molecule has 0 aromatic heterocycles. The van der Waals surface area contributed by atoms with Gasteiger partial charge in [0, 0.05) is 71.6 Å². The lowest BCUT2D eigenvalue weighted by Gasteiger charge is -2.49. The molecule has 0 radical (unpaired) electrons. The molecule has 1 heterocycles. The lowest BCUT2D eigenvalue weighted by molar-refractivity contribution is -0.119. The SMILES string of the molecule is CCOc1cc(C2C3=C(CC(C)(C)CC3=O)N(CCCOC)C3=C2C(=O)CC(C)(C)C3)cc(Cl)c1OCc1ccccc1Br. The van der Waals surface area contributed by atoms with Crippen molar-refractivity contribution < 1.29 is 23.8 Å². The Morgan fingerprint density at radius 1 is 0.932 bits per heavy atom. The number of rotatable bonds is 10. The highest BCUT2D eigenvalue weighted by molar-refractivity contribution is 9.10. The summed E-state index contributed by atoms with van der Waals surface area (Å²) < 4.78 is 18.7. The van der Waals surface area contributed by atoms with Gasteiger partial charge in [0.1, 0.15) is 6.61 Å².